The Hall–Kier alpha value is -2.54. The van der Waals surface area contributed by atoms with E-state index in [2.05, 4.69) is 35.9 Å². The van der Waals surface area contributed by atoms with Crippen molar-refractivity contribution in [1.29, 1.82) is 0 Å². The van der Waals surface area contributed by atoms with Gasteiger partial charge < -0.3 is 5.32 Å². The first-order valence-electron chi connectivity index (χ1n) is 9.17. The lowest BCUT2D eigenvalue weighted by Gasteiger charge is -2.05. The molecule has 0 radical (unpaired) electrons. The number of anilines is 1. The van der Waals surface area contributed by atoms with Gasteiger partial charge in [0.15, 0.2) is 16.1 Å². The largest absolute Gasteiger partial charge is 0.304 e. The number of hydrogen-bond donors (Lipinski definition) is 2. The van der Waals surface area contributed by atoms with E-state index in [0.717, 1.165) is 4.47 Å². The number of hydrogen-bond acceptors (Lipinski definition) is 8. The molecule has 12 heteroatoms. The predicted molar refractivity (Wildman–Crippen MR) is 129 cm³/mol. The second-order valence-corrected chi connectivity index (χ2v) is 11.3. The van der Waals surface area contributed by atoms with Crippen molar-refractivity contribution in [3.8, 4) is 0 Å². The summed E-state index contributed by atoms with van der Waals surface area (Å²) in [5, 5.41) is 4.41. The van der Waals surface area contributed by atoms with Crippen molar-refractivity contribution in [3.05, 3.63) is 70.1 Å². The number of benzene rings is 2. The number of sulfonamides is 1. The maximum atomic E-state index is 12.5. The van der Waals surface area contributed by atoms with Crippen LogP contribution in [0.1, 0.15) is 16.8 Å². The van der Waals surface area contributed by atoms with E-state index >= 15 is 0 Å². The molecule has 32 heavy (non-hydrogen) atoms. The minimum absolute atomic E-state index is 0.0523. The van der Waals surface area contributed by atoms with Crippen molar-refractivity contribution < 1.29 is 18.0 Å². The van der Waals surface area contributed by atoms with E-state index in [1.807, 2.05) is 0 Å². The summed E-state index contributed by atoms with van der Waals surface area (Å²) in [7, 11) is -3.75. The summed E-state index contributed by atoms with van der Waals surface area (Å²) in [4.78, 5) is 33.0. The molecule has 0 bridgehead atoms. The van der Waals surface area contributed by atoms with Crippen molar-refractivity contribution in [1.82, 2.24) is 10.3 Å². The molecule has 1 saturated heterocycles. The van der Waals surface area contributed by atoms with Gasteiger partial charge in [-0.2, -0.15) is 0 Å². The van der Waals surface area contributed by atoms with Gasteiger partial charge in [-0.15, -0.1) is 11.3 Å². The molecular weight excluding hydrogens is 536 g/mol. The van der Waals surface area contributed by atoms with Gasteiger partial charge in [0.2, 0.25) is 5.91 Å². The number of carbonyl (C=O) groups excluding carboxylic acids is 2. The van der Waals surface area contributed by atoms with Gasteiger partial charge in [0.1, 0.15) is 0 Å². The third-order valence-corrected chi connectivity index (χ3v) is 8.13. The number of aliphatic imine (C=N–C) groups is 1. The van der Waals surface area contributed by atoms with Gasteiger partial charge >= 0.3 is 0 Å². The summed E-state index contributed by atoms with van der Waals surface area (Å²) >= 11 is 5.68. The second kappa shape index (κ2) is 9.53. The first kappa shape index (κ1) is 22.6. The zero-order valence-corrected chi connectivity index (χ0v) is 20.2. The SMILES string of the molecule is O=C(CC1SC(=Nc2ccc(S(=O)(=O)Nc3nccs3)cc2)NC1=O)c1ccc(Br)cc1. The van der Waals surface area contributed by atoms with Crippen LogP contribution in [0.15, 0.2) is 74.5 Å². The fraction of sp³-hybridized carbons (Fsp3) is 0.100. The van der Waals surface area contributed by atoms with Crippen LogP contribution in [0.25, 0.3) is 0 Å². The Kier molecular flexibility index (Phi) is 6.74. The number of nitrogens with zero attached hydrogens (tertiary/aromatic N) is 2. The lowest BCUT2D eigenvalue weighted by Crippen LogP contribution is -2.26. The van der Waals surface area contributed by atoms with Crippen molar-refractivity contribution in [2.75, 3.05) is 4.72 Å². The maximum Gasteiger partial charge on any atom is 0.263 e. The Balaban J connectivity index is 1.41. The molecule has 1 fully saturated rings. The van der Waals surface area contributed by atoms with Gasteiger partial charge in [0, 0.05) is 28.0 Å². The zero-order chi connectivity index (χ0) is 22.7. The fourth-order valence-electron chi connectivity index (χ4n) is 2.78. The monoisotopic (exact) mass is 550 g/mol. The van der Waals surface area contributed by atoms with Crippen LogP contribution in [0.4, 0.5) is 10.8 Å². The van der Waals surface area contributed by atoms with Crippen LogP contribution in [-0.2, 0) is 14.8 Å². The average molecular weight is 551 g/mol. The summed E-state index contributed by atoms with van der Waals surface area (Å²) in [6, 6.07) is 12.9. The molecule has 0 aliphatic carbocycles. The van der Waals surface area contributed by atoms with Gasteiger partial charge in [-0.05, 0) is 36.4 Å². The molecule has 8 nitrogen and oxygen atoms in total. The number of amides is 1. The molecule has 1 unspecified atom stereocenters. The highest BCUT2D eigenvalue weighted by Gasteiger charge is 2.32. The Morgan fingerprint density at radius 2 is 1.88 bits per heavy atom. The Labute approximate surface area is 200 Å². The Morgan fingerprint density at radius 1 is 1.16 bits per heavy atom. The number of aromatic nitrogens is 1. The highest BCUT2D eigenvalue weighted by Crippen LogP contribution is 2.27. The number of rotatable bonds is 7. The standard InChI is InChI=1S/C20H15BrN4O4S3/c21-13-3-1-12(2-4-13)16(26)11-17-18(27)24-20(31-17)23-14-5-7-15(8-6-14)32(28,29)25-19-22-9-10-30-19/h1-10,17H,11H2,(H,22,25)(H,23,24,27). The van der Waals surface area contributed by atoms with E-state index in [0.29, 0.717) is 16.4 Å². The first-order valence-corrected chi connectivity index (χ1v) is 13.2. The lowest BCUT2D eigenvalue weighted by molar-refractivity contribution is -0.118. The van der Waals surface area contributed by atoms with E-state index in [-0.39, 0.29) is 28.1 Å². The molecular formula is C20H15BrN4O4S3. The molecule has 1 aromatic heterocycles. The summed E-state index contributed by atoms with van der Waals surface area (Å²) in [5.41, 5.74) is 1.01. The lowest BCUT2D eigenvalue weighted by atomic mass is 10.1. The van der Waals surface area contributed by atoms with Crippen LogP contribution in [0, 0.1) is 0 Å². The number of ketones is 1. The third kappa shape index (κ3) is 5.44. The maximum absolute atomic E-state index is 12.5. The summed E-state index contributed by atoms with van der Waals surface area (Å²) in [5.74, 6) is -0.417. The van der Waals surface area contributed by atoms with Crippen molar-refractivity contribution >= 4 is 76.7 Å². The first-order chi connectivity index (χ1) is 15.3. The van der Waals surface area contributed by atoms with Crippen LogP contribution in [0.5, 0.6) is 0 Å². The number of Topliss-reactive ketones (excluding diaryl/α,β-unsaturated/α-hetero) is 1. The van der Waals surface area contributed by atoms with Crippen molar-refractivity contribution in [2.45, 2.75) is 16.6 Å². The molecule has 2 heterocycles. The number of carbonyl (C=O) groups is 2. The van der Waals surface area contributed by atoms with Gasteiger partial charge in [-0.25, -0.2) is 18.4 Å². The molecule has 4 rings (SSSR count). The molecule has 1 aliphatic heterocycles. The zero-order valence-electron chi connectivity index (χ0n) is 16.2. The minimum Gasteiger partial charge on any atom is -0.304 e. The van der Waals surface area contributed by atoms with Crippen LogP contribution in [-0.4, -0.2) is 35.5 Å². The van der Waals surface area contributed by atoms with Crippen LogP contribution >= 0.6 is 39.0 Å². The molecule has 0 saturated carbocycles. The van der Waals surface area contributed by atoms with Crippen LogP contribution in [0.2, 0.25) is 0 Å². The predicted octanol–water partition coefficient (Wildman–Crippen LogP) is 4.20. The fourth-order valence-corrected chi connectivity index (χ4v) is 5.82. The molecule has 1 atom stereocenters. The average Bonchev–Trinajstić information content (AvgIpc) is 3.38. The van der Waals surface area contributed by atoms with Crippen molar-refractivity contribution in [3.63, 3.8) is 0 Å². The third-order valence-electron chi connectivity index (χ3n) is 4.35. The smallest absolute Gasteiger partial charge is 0.263 e. The Bertz CT molecular complexity index is 1280. The highest BCUT2D eigenvalue weighted by molar-refractivity contribution is 9.10. The molecule has 164 valence electrons. The van der Waals surface area contributed by atoms with E-state index in [4.69, 9.17) is 0 Å². The van der Waals surface area contributed by atoms with Gasteiger partial charge in [-0.3, -0.25) is 14.3 Å². The van der Waals surface area contributed by atoms with Crippen LogP contribution < -0.4 is 10.0 Å². The summed E-state index contributed by atoms with van der Waals surface area (Å²) < 4.78 is 28.1. The van der Waals surface area contributed by atoms with Gasteiger partial charge in [0.25, 0.3) is 10.0 Å². The second-order valence-electron chi connectivity index (χ2n) is 6.58. The summed E-state index contributed by atoms with van der Waals surface area (Å²) in [6.45, 7) is 0. The van der Waals surface area contributed by atoms with Crippen molar-refractivity contribution in [2.24, 2.45) is 4.99 Å². The van der Waals surface area contributed by atoms with Crippen LogP contribution in [0.3, 0.4) is 0 Å². The highest BCUT2D eigenvalue weighted by atomic mass is 79.9. The quantitative estimate of drug-likeness (QED) is 0.425. The normalized spacial score (nSPS) is 17.3. The number of amidine groups is 1. The molecule has 1 amide bonds. The molecule has 2 aromatic carbocycles. The molecule has 3 aromatic rings. The molecule has 0 spiro atoms. The molecule has 2 N–H and O–H groups in total. The molecule has 1 aliphatic rings. The number of thiazole rings is 1. The van der Waals surface area contributed by atoms with Gasteiger partial charge in [0.05, 0.1) is 15.8 Å². The summed E-state index contributed by atoms with van der Waals surface area (Å²) in [6.07, 6.45) is 1.56. The minimum atomic E-state index is -3.75. The topological polar surface area (TPSA) is 118 Å². The number of thioether (sulfide) groups is 1. The number of nitrogens with one attached hydrogen (secondary N) is 2. The Morgan fingerprint density at radius 3 is 2.53 bits per heavy atom. The van der Waals surface area contributed by atoms with Gasteiger partial charge in [-0.1, -0.05) is 39.8 Å². The van der Waals surface area contributed by atoms with E-state index in [1.165, 1.54) is 53.6 Å². The van der Waals surface area contributed by atoms with E-state index < -0.39 is 15.3 Å². The number of halogens is 1. The van der Waals surface area contributed by atoms with E-state index in [9.17, 15) is 18.0 Å². The van der Waals surface area contributed by atoms with E-state index in [1.54, 1.807) is 29.6 Å².